The van der Waals surface area contributed by atoms with Crippen molar-refractivity contribution in [1.82, 2.24) is 4.98 Å². The van der Waals surface area contributed by atoms with Crippen molar-refractivity contribution in [3.8, 4) is 0 Å². The van der Waals surface area contributed by atoms with Crippen LogP contribution in [0.25, 0.3) is 0 Å². The molecular formula is C20H15F3N2O. The SMILES string of the molecule is O=C(Nc1c(F)cccc1F)C(Cc1ccccn1)c1ccc(F)cc1. The monoisotopic (exact) mass is 356 g/mol. The average Bonchev–Trinajstić information content (AvgIpc) is 2.64. The van der Waals surface area contributed by atoms with Crippen LogP contribution in [0.3, 0.4) is 0 Å². The number of pyridine rings is 1. The molecule has 1 unspecified atom stereocenters. The maximum atomic E-state index is 13.8. The molecule has 3 aromatic rings. The van der Waals surface area contributed by atoms with E-state index in [1.54, 1.807) is 24.4 Å². The number of carbonyl (C=O) groups is 1. The van der Waals surface area contributed by atoms with Crippen LogP contribution in [0.1, 0.15) is 17.2 Å². The van der Waals surface area contributed by atoms with Crippen LogP contribution >= 0.6 is 0 Å². The number of carbonyl (C=O) groups excluding carboxylic acids is 1. The van der Waals surface area contributed by atoms with Gasteiger partial charge in [-0.05, 0) is 42.0 Å². The summed E-state index contributed by atoms with van der Waals surface area (Å²) < 4.78 is 40.9. The third kappa shape index (κ3) is 4.08. The van der Waals surface area contributed by atoms with Crippen molar-refractivity contribution < 1.29 is 18.0 Å². The molecule has 0 aliphatic rings. The van der Waals surface area contributed by atoms with E-state index in [0.717, 1.165) is 12.1 Å². The minimum absolute atomic E-state index is 0.203. The van der Waals surface area contributed by atoms with Crippen molar-refractivity contribution >= 4 is 11.6 Å². The van der Waals surface area contributed by atoms with Crippen molar-refractivity contribution in [3.05, 3.63) is 95.6 Å². The van der Waals surface area contributed by atoms with Gasteiger partial charge in [0.1, 0.15) is 23.1 Å². The van der Waals surface area contributed by atoms with Crippen LogP contribution in [-0.2, 0) is 11.2 Å². The van der Waals surface area contributed by atoms with Crippen LogP contribution in [0.15, 0.2) is 66.9 Å². The number of hydrogen-bond acceptors (Lipinski definition) is 2. The highest BCUT2D eigenvalue weighted by molar-refractivity contribution is 5.96. The number of nitrogens with one attached hydrogen (secondary N) is 1. The Bertz CT molecular complexity index is 878. The number of amides is 1. The molecule has 26 heavy (non-hydrogen) atoms. The van der Waals surface area contributed by atoms with Gasteiger partial charge in [-0.1, -0.05) is 24.3 Å². The van der Waals surface area contributed by atoms with E-state index < -0.39 is 35.0 Å². The molecule has 1 aromatic heterocycles. The van der Waals surface area contributed by atoms with Crippen LogP contribution in [-0.4, -0.2) is 10.9 Å². The van der Waals surface area contributed by atoms with Gasteiger partial charge in [-0.25, -0.2) is 13.2 Å². The predicted molar refractivity (Wildman–Crippen MR) is 92.1 cm³/mol. The molecule has 0 saturated carbocycles. The van der Waals surface area contributed by atoms with E-state index in [-0.39, 0.29) is 6.42 Å². The smallest absolute Gasteiger partial charge is 0.232 e. The highest BCUT2D eigenvalue weighted by Gasteiger charge is 2.24. The molecule has 3 rings (SSSR count). The fourth-order valence-corrected chi connectivity index (χ4v) is 2.61. The second-order valence-corrected chi connectivity index (χ2v) is 5.72. The molecule has 0 fully saturated rings. The predicted octanol–water partition coefficient (Wildman–Crippen LogP) is 4.46. The van der Waals surface area contributed by atoms with Gasteiger partial charge in [0.25, 0.3) is 0 Å². The first-order valence-corrected chi connectivity index (χ1v) is 7.95. The molecule has 0 bridgehead atoms. The second kappa shape index (κ2) is 7.82. The topological polar surface area (TPSA) is 42.0 Å². The lowest BCUT2D eigenvalue weighted by molar-refractivity contribution is -0.117. The number of benzene rings is 2. The molecule has 1 atom stereocenters. The standard InChI is InChI=1S/C20H15F3N2O/c21-14-9-7-13(8-10-14)16(12-15-4-1-2-11-24-15)20(26)25-19-17(22)5-3-6-18(19)23/h1-11,16H,12H2,(H,25,26). The Kier molecular flexibility index (Phi) is 5.31. The van der Waals surface area contributed by atoms with Gasteiger partial charge < -0.3 is 5.32 Å². The quantitative estimate of drug-likeness (QED) is 0.733. The Balaban J connectivity index is 1.91. The number of nitrogens with zero attached hydrogens (tertiary/aromatic N) is 1. The molecule has 3 nitrogen and oxygen atoms in total. The molecule has 0 aliphatic carbocycles. The van der Waals surface area contributed by atoms with E-state index >= 15 is 0 Å². The van der Waals surface area contributed by atoms with Crippen molar-refractivity contribution in [3.63, 3.8) is 0 Å². The summed E-state index contributed by atoms with van der Waals surface area (Å²) in [7, 11) is 0. The molecule has 0 spiro atoms. The van der Waals surface area contributed by atoms with Crippen molar-refractivity contribution in [2.75, 3.05) is 5.32 Å². The van der Waals surface area contributed by atoms with E-state index in [1.165, 1.54) is 30.3 Å². The van der Waals surface area contributed by atoms with Crippen LogP contribution in [0, 0.1) is 17.5 Å². The highest BCUT2D eigenvalue weighted by atomic mass is 19.1. The van der Waals surface area contributed by atoms with Gasteiger partial charge in [-0.2, -0.15) is 0 Å². The van der Waals surface area contributed by atoms with Crippen LogP contribution < -0.4 is 5.32 Å². The Morgan fingerprint density at radius 2 is 1.62 bits per heavy atom. The zero-order chi connectivity index (χ0) is 18.5. The third-order valence-electron chi connectivity index (χ3n) is 3.94. The first kappa shape index (κ1) is 17.7. The number of hydrogen-bond donors (Lipinski definition) is 1. The molecule has 1 heterocycles. The lowest BCUT2D eigenvalue weighted by Crippen LogP contribution is -2.24. The Hall–Kier alpha value is -3.15. The summed E-state index contributed by atoms with van der Waals surface area (Å²) in [5.41, 5.74) is 0.642. The largest absolute Gasteiger partial charge is 0.321 e. The fraction of sp³-hybridized carbons (Fsp3) is 0.100. The van der Waals surface area contributed by atoms with Crippen molar-refractivity contribution in [1.29, 1.82) is 0 Å². The first-order chi connectivity index (χ1) is 12.5. The Labute approximate surface area is 148 Å². The van der Waals surface area contributed by atoms with E-state index in [1.807, 2.05) is 0 Å². The van der Waals surface area contributed by atoms with Crippen molar-refractivity contribution in [2.45, 2.75) is 12.3 Å². The van der Waals surface area contributed by atoms with E-state index in [2.05, 4.69) is 10.3 Å². The summed E-state index contributed by atoms with van der Waals surface area (Å²) in [6, 6.07) is 14.0. The lowest BCUT2D eigenvalue weighted by Gasteiger charge is -2.18. The molecule has 0 saturated heterocycles. The van der Waals surface area contributed by atoms with Gasteiger partial charge in [0, 0.05) is 18.3 Å². The number of anilines is 1. The fourth-order valence-electron chi connectivity index (χ4n) is 2.61. The number of rotatable bonds is 5. The van der Waals surface area contributed by atoms with E-state index in [4.69, 9.17) is 0 Å². The minimum Gasteiger partial charge on any atom is -0.321 e. The molecule has 1 amide bonds. The summed E-state index contributed by atoms with van der Waals surface area (Å²) in [4.78, 5) is 16.9. The number of para-hydroxylation sites is 1. The molecule has 2 aromatic carbocycles. The Morgan fingerprint density at radius 3 is 2.23 bits per heavy atom. The van der Waals surface area contributed by atoms with Crippen LogP contribution in [0.5, 0.6) is 0 Å². The van der Waals surface area contributed by atoms with E-state index in [0.29, 0.717) is 11.3 Å². The molecule has 0 radical (unpaired) electrons. The second-order valence-electron chi connectivity index (χ2n) is 5.72. The summed E-state index contributed by atoms with van der Waals surface area (Å²) >= 11 is 0. The molecular weight excluding hydrogens is 341 g/mol. The van der Waals surface area contributed by atoms with Gasteiger partial charge >= 0.3 is 0 Å². The minimum atomic E-state index is -0.867. The summed E-state index contributed by atoms with van der Waals surface area (Å²) in [6.07, 6.45) is 1.79. The summed E-state index contributed by atoms with van der Waals surface area (Å²) in [6.45, 7) is 0. The molecule has 132 valence electrons. The molecule has 1 N–H and O–H groups in total. The van der Waals surface area contributed by atoms with Gasteiger partial charge in [0.2, 0.25) is 5.91 Å². The average molecular weight is 356 g/mol. The number of halogens is 3. The van der Waals surface area contributed by atoms with E-state index in [9.17, 15) is 18.0 Å². The summed E-state index contributed by atoms with van der Waals surface area (Å²) in [5, 5.41) is 2.30. The highest BCUT2D eigenvalue weighted by Crippen LogP contribution is 2.25. The third-order valence-corrected chi connectivity index (χ3v) is 3.94. The van der Waals surface area contributed by atoms with Crippen LogP contribution in [0.4, 0.5) is 18.9 Å². The molecule has 6 heteroatoms. The maximum absolute atomic E-state index is 13.8. The van der Waals surface area contributed by atoms with Gasteiger partial charge in [-0.3, -0.25) is 9.78 Å². The van der Waals surface area contributed by atoms with Crippen molar-refractivity contribution in [2.24, 2.45) is 0 Å². The number of aromatic nitrogens is 1. The Morgan fingerprint density at radius 1 is 0.923 bits per heavy atom. The van der Waals surface area contributed by atoms with Gasteiger partial charge in [0.15, 0.2) is 0 Å². The normalized spacial score (nSPS) is 11.8. The van der Waals surface area contributed by atoms with Gasteiger partial charge in [0.05, 0.1) is 5.92 Å². The summed E-state index contributed by atoms with van der Waals surface area (Å²) in [5.74, 6) is -3.57. The zero-order valence-corrected chi connectivity index (χ0v) is 13.6. The van der Waals surface area contributed by atoms with Gasteiger partial charge in [-0.15, -0.1) is 0 Å². The maximum Gasteiger partial charge on any atom is 0.232 e. The molecule has 0 aliphatic heterocycles. The van der Waals surface area contributed by atoms with Crippen LogP contribution in [0.2, 0.25) is 0 Å². The lowest BCUT2D eigenvalue weighted by atomic mass is 9.93. The first-order valence-electron chi connectivity index (χ1n) is 7.95. The zero-order valence-electron chi connectivity index (χ0n) is 13.6.